The van der Waals surface area contributed by atoms with E-state index in [0.717, 1.165) is 0 Å². The fourth-order valence-corrected chi connectivity index (χ4v) is 1.50. The van der Waals surface area contributed by atoms with E-state index in [1.165, 1.54) is 11.8 Å². The lowest BCUT2D eigenvalue weighted by Crippen LogP contribution is -2.05. The molecule has 0 aliphatic carbocycles. The minimum atomic E-state index is -0.806. The van der Waals surface area contributed by atoms with Crippen molar-refractivity contribution in [1.82, 2.24) is 0 Å². The molecule has 1 aromatic rings. The van der Waals surface area contributed by atoms with E-state index in [1.54, 1.807) is 12.1 Å². The maximum Gasteiger partial charge on any atom is 0.313 e. The van der Waals surface area contributed by atoms with E-state index in [-0.39, 0.29) is 5.75 Å². The standard InChI is InChI=1S/C10H13NO3S/c11-8-3-1-2-4-9(8)14-5-6-15-7-10(12)13/h1-4H,5-7,11H2,(H,12,13). The number of nitrogens with two attached hydrogens (primary N) is 1. The summed E-state index contributed by atoms with van der Waals surface area (Å²) in [5.74, 6) is 0.585. The van der Waals surface area contributed by atoms with Gasteiger partial charge in [-0.3, -0.25) is 4.79 Å². The zero-order chi connectivity index (χ0) is 11.1. The predicted octanol–water partition coefficient (Wildman–Crippen LogP) is 1.47. The van der Waals surface area contributed by atoms with Gasteiger partial charge >= 0.3 is 5.97 Å². The summed E-state index contributed by atoms with van der Waals surface area (Å²) < 4.78 is 5.38. The topological polar surface area (TPSA) is 72.5 Å². The number of carbonyl (C=O) groups is 1. The molecule has 0 heterocycles. The molecule has 1 rings (SSSR count). The van der Waals surface area contributed by atoms with Crippen molar-refractivity contribution in [3.8, 4) is 5.75 Å². The van der Waals surface area contributed by atoms with Crippen LogP contribution in [0.2, 0.25) is 0 Å². The largest absolute Gasteiger partial charge is 0.491 e. The van der Waals surface area contributed by atoms with Crippen LogP contribution in [0, 0.1) is 0 Å². The molecule has 0 aliphatic heterocycles. The summed E-state index contributed by atoms with van der Waals surface area (Å²) in [5, 5.41) is 8.39. The maximum atomic E-state index is 10.2. The molecule has 0 saturated heterocycles. The Morgan fingerprint density at radius 1 is 1.47 bits per heavy atom. The Labute approximate surface area is 92.4 Å². The molecule has 3 N–H and O–H groups in total. The summed E-state index contributed by atoms with van der Waals surface area (Å²) >= 11 is 1.32. The first-order valence-corrected chi connectivity index (χ1v) is 5.62. The van der Waals surface area contributed by atoms with Crippen molar-refractivity contribution < 1.29 is 14.6 Å². The van der Waals surface area contributed by atoms with E-state index in [4.69, 9.17) is 15.6 Å². The summed E-state index contributed by atoms with van der Waals surface area (Å²) in [5.41, 5.74) is 6.26. The van der Waals surface area contributed by atoms with Crippen LogP contribution in [-0.4, -0.2) is 29.2 Å². The van der Waals surface area contributed by atoms with Gasteiger partial charge in [-0.2, -0.15) is 0 Å². The lowest BCUT2D eigenvalue weighted by molar-refractivity contribution is -0.133. The minimum Gasteiger partial charge on any atom is -0.491 e. The molecule has 0 spiro atoms. The highest BCUT2D eigenvalue weighted by atomic mass is 32.2. The molecule has 0 unspecified atom stereocenters. The lowest BCUT2D eigenvalue weighted by Gasteiger charge is -2.07. The molecular weight excluding hydrogens is 214 g/mol. The van der Waals surface area contributed by atoms with Crippen molar-refractivity contribution >= 4 is 23.4 Å². The first-order chi connectivity index (χ1) is 7.20. The number of benzene rings is 1. The first-order valence-electron chi connectivity index (χ1n) is 4.47. The van der Waals surface area contributed by atoms with Gasteiger partial charge in [0.2, 0.25) is 0 Å². The van der Waals surface area contributed by atoms with Gasteiger partial charge in [0.15, 0.2) is 0 Å². The summed E-state index contributed by atoms with van der Waals surface area (Å²) in [7, 11) is 0. The van der Waals surface area contributed by atoms with Crippen molar-refractivity contribution in [3.05, 3.63) is 24.3 Å². The Bertz CT molecular complexity index is 330. The number of anilines is 1. The highest BCUT2D eigenvalue weighted by molar-refractivity contribution is 7.99. The second-order valence-electron chi connectivity index (χ2n) is 2.83. The Morgan fingerprint density at radius 2 is 2.20 bits per heavy atom. The van der Waals surface area contributed by atoms with Gasteiger partial charge in [-0.25, -0.2) is 0 Å². The third kappa shape index (κ3) is 4.60. The average molecular weight is 227 g/mol. The van der Waals surface area contributed by atoms with Crippen molar-refractivity contribution in [2.45, 2.75) is 0 Å². The number of ether oxygens (including phenoxy) is 1. The van der Waals surface area contributed by atoms with Crippen molar-refractivity contribution in [3.63, 3.8) is 0 Å². The van der Waals surface area contributed by atoms with Gasteiger partial charge in [0.05, 0.1) is 18.0 Å². The number of nitrogen functional groups attached to an aromatic ring is 1. The fourth-order valence-electron chi connectivity index (χ4n) is 0.982. The van der Waals surface area contributed by atoms with Gasteiger partial charge in [-0.1, -0.05) is 12.1 Å². The van der Waals surface area contributed by atoms with Crippen LogP contribution >= 0.6 is 11.8 Å². The summed E-state index contributed by atoms with van der Waals surface area (Å²) in [6, 6.07) is 7.23. The third-order valence-electron chi connectivity index (χ3n) is 1.63. The molecule has 0 fully saturated rings. The maximum absolute atomic E-state index is 10.2. The molecule has 4 nitrogen and oxygen atoms in total. The fraction of sp³-hybridized carbons (Fsp3) is 0.300. The monoisotopic (exact) mass is 227 g/mol. The van der Waals surface area contributed by atoms with E-state index in [9.17, 15) is 4.79 Å². The highest BCUT2D eigenvalue weighted by Crippen LogP contribution is 2.19. The second-order valence-corrected chi connectivity index (χ2v) is 3.94. The minimum absolute atomic E-state index is 0.105. The smallest absolute Gasteiger partial charge is 0.313 e. The normalized spacial score (nSPS) is 9.87. The van der Waals surface area contributed by atoms with Gasteiger partial charge in [0, 0.05) is 5.75 Å². The molecule has 5 heteroatoms. The number of carboxylic acid groups (broad SMARTS) is 1. The molecular formula is C10H13NO3S. The Kier molecular flexibility index (Phi) is 4.83. The number of rotatable bonds is 6. The highest BCUT2D eigenvalue weighted by Gasteiger charge is 1.99. The molecule has 0 saturated carbocycles. The van der Waals surface area contributed by atoms with Crippen LogP contribution in [0.25, 0.3) is 0 Å². The Hall–Kier alpha value is -1.36. The molecule has 15 heavy (non-hydrogen) atoms. The first kappa shape index (κ1) is 11.7. The molecule has 0 bridgehead atoms. The summed E-state index contributed by atoms with van der Waals surface area (Å²) in [6.07, 6.45) is 0. The van der Waals surface area contributed by atoms with Crippen LogP contribution < -0.4 is 10.5 Å². The SMILES string of the molecule is Nc1ccccc1OCCSCC(=O)O. The lowest BCUT2D eigenvalue weighted by atomic mass is 10.3. The quantitative estimate of drug-likeness (QED) is 0.568. The van der Waals surface area contributed by atoms with E-state index in [2.05, 4.69) is 0 Å². The van der Waals surface area contributed by atoms with Gasteiger partial charge in [-0.15, -0.1) is 11.8 Å². The third-order valence-corrected chi connectivity index (χ3v) is 2.54. The number of hydrogen-bond donors (Lipinski definition) is 2. The van der Waals surface area contributed by atoms with Gasteiger partial charge < -0.3 is 15.6 Å². The summed E-state index contributed by atoms with van der Waals surface area (Å²) in [4.78, 5) is 10.2. The van der Waals surface area contributed by atoms with Gasteiger partial charge in [-0.05, 0) is 12.1 Å². The van der Waals surface area contributed by atoms with Crippen LogP contribution in [0.5, 0.6) is 5.75 Å². The Balaban J connectivity index is 2.21. The van der Waals surface area contributed by atoms with Crippen molar-refractivity contribution in [2.24, 2.45) is 0 Å². The van der Waals surface area contributed by atoms with Crippen LogP contribution in [0.1, 0.15) is 0 Å². The number of aliphatic carboxylic acids is 1. The molecule has 0 atom stereocenters. The molecule has 0 amide bonds. The number of hydrogen-bond acceptors (Lipinski definition) is 4. The molecule has 0 aliphatic rings. The van der Waals surface area contributed by atoms with E-state index >= 15 is 0 Å². The average Bonchev–Trinajstić information content (AvgIpc) is 2.20. The number of carboxylic acids is 1. The molecule has 0 aromatic heterocycles. The molecule has 0 radical (unpaired) electrons. The van der Waals surface area contributed by atoms with Crippen LogP contribution in [0.15, 0.2) is 24.3 Å². The zero-order valence-corrected chi connectivity index (χ0v) is 9.00. The van der Waals surface area contributed by atoms with Crippen molar-refractivity contribution in [2.75, 3.05) is 23.8 Å². The van der Waals surface area contributed by atoms with E-state index < -0.39 is 5.97 Å². The van der Waals surface area contributed by atoms with Gasteiger partial charge in [0.1, 0.15) is 5.75 Å². The second kappa shape index (κ2) is 6.19. The van der Waals surface area contributed by atoms with Gasteiger partial charge in [0.25, 0.3) is 0 Å². The van der Waals surface area contributed by atoms with E-state index in [0.29, 0.717) is 23.8 Å². The van der Waals surface area contributed by atoms with E-state index in [1.807, 2.05) is 12.1 Å². The predicted molar refractivity (Wildman–Crippen MR) is 61.3 cm³/mol. The molecule has 82 valence electrons. The molecule has 1 aromatic carbocycles. The number of para-hydroxylation sites is 2. The zero-order valence-electron chi connectivity index (χ0n) is 8.18. The van der Waals surface area contributed by atoms with Crippen LogP contribution in [0.4, 0.5) is 5.69 Å². The van der Waals surface area contributed by atoms with Crippen LogP contribution in [0.3, 0.4) is 0 Å². The Morgan fingerprint density at radius 3 is 2.87 bits per heavy atom. The van der Waals surface area contributed by atoms with Crippen molar-refractivity contribution in [1.29, 1.82) is 0 Å². The number of thioether (sulfide) groups is 1. The van der Waals surface area contributed by atoms with Crippen LogP contribution in [-0.2, 0) is 4.79 Å². The summed E-state index contributed by atoms with van der Waals surface area (Å²) in [6.45, 7) is 0.464.